The van der Waals surface area contributed by atoms with Crippen LogP contribution in [0.1, 0.15) is 12.0 Å². The molecule has 0 radical (unpaired) electrons. The van der Waals surface area contributed by atoms with Gasteiger partial charge >= 0.3 is 0 Å². The van der Waals surface area contributed by atoms with E-state index in [0.29, 0.717) is 0 Å². The molecule has 0 aromatic heterocycles. The lowest BCUT2D eigenvalue weighted by Gasteiger charge is -2.17. The normalized spacial score (nSPS) is 13.2. The van der Waals surface area contributed by atoms with Crippen molar-refractivity contribution in [1.82, 2.24) is 4.90 Å². The van der Waals surface area contributed by atoms with Gasteiger partial charge in [-0.25, -0.2) is 0 Å². The van der Waals surface area contributed by atoms with Crippen molar-refractivity contribution in [3.8, 4) is 0 Å². The Kier molecular flexibility index (Phi) is 3.93. The van der Waals surface area contributed by atoms with Gasteiger partial charge in [-0.1, -0.05) is 30.3 Å². The summed E-state index contributed by atoms with van der Waals surface area (Å²) in [7, 11) is 3.77. The molecule has 72 valence electrons. The van der Waals surface area contributed by atoms with Gasteiger partial charge in [-0.15, -0.1) is 0 Å². The number of hydrogen-bond donors (Lipinski definition) is 1. The Bertz CT molecular complexity index is 233. The van der Waals surface area contributed by atoms with Crippen LogP contribution < -0.4 is 0 Å². The lowest BCUT2D eigenvalue weighted by molar-refractivity contribution is 0.0338. The number of rotatable bonds is 4. The fourth-order valence-corrected chi connectivity index (χ4v) is 1.20. The van der Waals surface area contributed by atoms with Crippen molar-refractivity contribution in [3.63, 3.8) is 0 Å². The van der Waals surface area contributed by atoms with Crippen LogP contribution >= 0.6 is 0 Å². The maximum atomic E-state index is 9.51. The van der Waals surface area contributed by atoms with E-state index in [-0.39, 0.29) is 6.23 Å². The molecule has 1 rings (SSSR count). The number of aliphatic hydroxyl groups excluding tert-OH is 1. The van der Waals surface area contributed by atoms with Crippen molar-refractivity contribution in [3.05, 3.63) is 35.9 Å². The third-order valence-electron chi connectivity index (χ3n) is 2.13. The van der Waals surface area contributed by atoms with Crippen LogP contribution in [-0.4, -0.2) is 30.3 Å². The van der Waals surface area contributed by atoms with Crippen molar-refractivity contribution >= 4 is 0 Å². The van der Waals surface area contributed by atoms with Gasteiger partial charge in [-0.3, -0.25) is 4.90 Å². The lowest BCUT2D eigenvalue weighted by Crippen LogP contribution is -2.27. The Morgan fingerprint density at radius 2 is 1.85 bits per heavy atom. The largest absolute Gasteiger partial charge is 0.378 e. The predicted molar refractivity (Wildman–Crippen MR) is 54.5 cm³/mol. The summed E-state index contributed by atoms with van der Waals surface area (Å²) < 4.78 is 0. The van der Waals surface area contributed by atoms with Gasteiger partial charge in [0.05, 0.1) is 0 Å². The third kappa shape index (κ3) is 3.57. The molecule has 2 nitrogen and oxygen atoms in total. The summed E-state index contributed by atoms with van der Waals surface area (Å²) in [6.45, 7) is 0. The van der Waals surface area contributed by atoms with Crippen LogP contribution in [0.3, 0.4) is 0 Å². The first-order valence-corrected chi connectivity index (χ1v) is 4.58. The Morgan fingerprint density at radius 3 is 2.38 bits per heavy atom. The van der Waals surface area contributed by atoms with Gasteiger partial charge in [0.25, 0.3) is 0 Å². The second-order valence-corrected chi connectivity index (χ2v) is 3.47. The number of aryl methyl sites for hydroxylation is 1. The van der Waals surface area contributed by atoms with E-state index in [4.69, 9.17) is 0 Å². The number of hydrogen-bond acceptors (Lipinski definition) is 2. The van der Waals surface area contributed by atoms with Gasteiger partial charge in [-0.05, 0) is 32.5 Å². The average Bonchev–Trinajstić information content (AvgIpc) is 2.15. The molecule has 13 heavy (non-hydrogen) atoms. The first-order chi connectivity index (χ1) is 6.20. The summed E-state index contributed by atoms with van der Waals surface area (Å²) >= 11 is 0. The summed E-state index contributed by atoms with van der Waals surface area (Å²) in [5, 5.41) is 9.51. The highest BCUT2D eigenvalue weighted by Crippen LogP contribution is 2.05. The van der Waals surface area contributed by atoms with Crippen molar-refractivity contribution in [1.29, 1.82) is 0 Å². The standard InChI is InChI=1S/C11H17NO/c1-12(2)11(13)9-8-10-6-4-3-5-7-10/h3-7,11,13H,8-9H2,1-2H3. The van der Waals surface area contributed by atoms with Crippen LogP contribution in [-0.2, 0) is 6.42 Å². The highest BCUT2D eigenvalue weighted by Gasteiger charge is 2.05. The Morgan fingerprint density at radius 1 is 1.23 bits per heavy atom. The Balaban J connectivity index is 2.35. The molecule has 0 saturated heterocycles. The molecule has 0 amide bonds. The minimum Gasteiger partial charge on any atom is -0.378 e. The number of nitrogens with zero attached hydrogens (tertiary/aromatic N) is 1. The third-order valence-corrected chi connectivity index (χ3v) is 2.13. The zero-order valence-electron chi connectivity index (χ0n) is 8.27. The molecule has 0 aliphatic carbocycles. The van der Waals surface area contributed by atoms with Crippen molar-refractivity contribution in [2.24, 2.45) is 0 Å². The summed E-state index contributed by atoms with van der Waals surface area (Å²) in [5.74, 6) is 0. The molecule has 1 unspecified atom stereocenters. The van der Waals surface area contributed by atoms with Crippen LogP contribution in [0.5, 0.6) is 0 Å². The quantitative estimate of drug-likeness (QED) is 0.708. The molecule has 0 fully saturated rings. The molecule has 0 spiro atoms. The molecular formula is C11H17NO. The SMILES string of the molecule is CN(C)C(O)CCc1ccccc1. The minimum atomic E-state index is -0.333. The number of aliphatic hydroxyl groups is 1. The van der Waals surface area contributed by atoms with Gasteiger partial charge in [0, 0.05) is 0 Å². The zero-order chi connectivity index (χ0) is 9.68. The smallest absolute Gasteiger partial charge is 0.107 e. The van der Waals surface area contributed by atoms with Gasteiger partial charge in [-0.2, -0.15) is 0 Å². The van der Waals surface area contributed by atoms with Crippen LogP contribution in [0.2, 0.25) is 0 Å². The minimum absolute atomic E-state index is 0.333. The highest BCUT2D eigenvalue weighted by atomic mass is 16.3. The predicted octanol–water partition coefficient (Wildman–Crippen LogP) is 1.50. The fourth-order valence-electron chi connectivity index (χ4n) is 1.20. The van der Waals surface area contributed by atoms with E-state index < -0.39 is 0 Å². The lowest BCUT2D eigenvalue weighted by atomic mass is 10.1. The average molecular weight is 179 g/mol. The molecular weight excluding hydrogens is 162 g/mol. The molecule has 0 saturated carbocycles. The Hall–Kier alpha value is -0.860. The molecule has 1 aromatic rings. The van der Waals surface area contributed by atoms with Crippen molar-refractivity contribution in [2.45, 2.75) is 19.1 Å². The maximum absolute atomic E-state index is 9.51. The van der Waals surface area contributed by atoms with Crippen LogP contribution in [0, 0.1) is 0 Å². The second-order valence-electron chi connectivity index (χ2n) is 3.47. The van der Waals surface area contributed by atoms with Gasteiger partial charge in [0.2, 0.25) is 0 Å². The second kappa shape index (κ2) is 5.00. The summed E-state index contributed by atoms with van der Waals surface area (Å²) in [5.41, 5.74) is 1.28. The van der Waals surface area contributed by atoms with E-state index in [0.717, 1.165) is 12.8 Å². The van der Waals surface area contributed by atoms with Crippen molar-refractivity contribution in [2.75, 3.05) is 14.1 Å². The maximum Gasteiger partial charge on any atom is 0.107 e. The zero-order valence-corrected chi connectivity index (χ0v) is 8.27. The van der Waals surface area contributed by atoms with Crippen LogP contribution in [0.15, 0.2) is 30.3 Å². The van der Waals surface area contributed by atoms with Crippen molar-refractivity contribution < 1.29 is 5.11 Å². The van der Waals surface area contributed by atoms with Gasteiger partial charge < -0.3 is 5.11 Å². The molecule has 1 aromatic carbocycles. The molecule has 0 aliphatic rings. The molecule has 0 bridgehead atoms. The first kappa shape index (κ1) is 10.2. The Labute approximate surface area is 79.8 Å². The highest BCUT2D eigenvalue weighted by molar-refractivity contribution is 5.14. The molecule has 1 atom stereocenters. The van der Waals surface area contributed by atoms with E-state index in [9.17, 15) is 5.11 Å². The van der Waals surface area contributed by atoms with E-state index in [1.165, 1.54) is 5.56 Å². The van der Waals surface area contributed by atoms with E-state index in [1.807, 2.05) is 37.2 Å². The van der Waals surface area contributed by atoms with E-state index in [1.54, 1.807) is 0 Å². The van der Waals surface area contributed by atoms with E-state index in [2.05, 4.69) is 12.1 Å². The van der Waals surface area contributed by atoms with Gasteiger partial charge in [0.1, 0.15) is 6.23 Å². The summed E-state index contributed by atoms with van der Waals surface area (Å²) in [6, 6.07) is 10.2. The monoisotopic (exact) mass is 179 g/mol. The first-order valence-electron chi connectivity index (χ1n) is 4.58. The topological polar surface area (TPSA) is 23.5 Å². The summed E-state index contributed by atoms with van der Waals surface area (Å²) in [6.07, 6.45) is 1.39. The molecule has 0 heterocycles. The van der Waals surface area contributed by atoms with E-state index >= 15 is 0 Å². The molecule has 1 N–H and O–H groups in total. The summed E-state index contributed by atoms with van der Waals surface area (Å²) in [4.78, 5) is 1.82. The number of benzene rings is 1. The fraction of sp³-hybridized carbons (Fsp3) is 0.455. The molecule has 0 aliphatic heterocycles. The molecule has 2 heteroatoms. The van der Waals surface area contributed by atoms with Crippen LogP contribution in [0.4, 0.5) is 0 Å². The van der Waals surface area contributed by atoms with Gasteiger partial charge in [0.15, 0.2) is 0 Å². The van der Waals surface area contributed by atoms with Crippen LogP contribution in [0.25, 0.3) is 0 Å².